The smallest absolute Gasteiger partial charge is 0.243 e. The number of aldehydes is 1. The van der Waals surface area contributed by atoms with Gasteiger partial charge in [-0.1, -0.05) is 29.8 Å². The fourth-order valence-corrected chi connectivity index (χ4v) is 3.68. The van der Waals surface area contributed by atoms with Crippen LogP contribution in [0.5, 0.6) is 0 Å². The Bertz CT molecular complexity index is 590. The molecule has 1 aliphatic heterocycles. The van der Waals surface area contributed by atoms with Crippen molar-refractivity contribution < 1.29 is 13.2 Å². The minimum absolute atomic E-state index is 0.0577. The Hall–Kier alpha value is -1.46. The second kappa shape index (κ2) is 5.27. The van der Waals surface area contributed by atoms with E-state index in [2.05, 4.69) is 6.58 Å². The maximum Gasteiger partial charge on any atom is 0.243 e. The second-order valence-electron chi connectivity index (χ2n) is 4.87. The first-order valence-corrected chi connectivity index (χ1v) is 7.57. The summed E-state index contributed by atoms with van der Waals surface area (Å²) in [5, 5.41) is 0. The largest absolute Gasteiger partial charge is 0.303 e. The number of aryl methyl sites for hydroxylation is 1. The van der Waals surface area contributed by atoms with E-state index in [9.17, 15) is 13.2 Å². The number of carbonyl (C=O) groups is 1. The van der Waals surface area contributed by atoms with Crippen molar-refractivity contribution in [3.63, 3.8) is 0 Å². The molecule has 1 atom stereocenters. The SMILES string of the molecule is C=C1CN(S(=O)(=O)c2ccc(C)cc2)C[C@H]1CC=O. The van der Waals surface area contributed by atoms with Crippen molar-refractivity contribution in [2.75, 3.05) is 13.1 Å². The average molecular weight is 279 g/mol. The lowest BCUT2D eigenvalue weighted by molar-refractivity contribution is -0.108. The lowest BCUT2D eigenvalue weighted by Crippen LogP contribution is -2.29. The zero-order chi connectivity index (χ0) is 14.0. The van der Waals surface area contributed by atoms with Gasteiger partial charge in [-0.05, 0) is 19.1 Å². The predicted molar refractivity (Wildman–Crippen MR) is 73.2 cm³/mol. The highest BCUT2D eigenvalue weighted by atomic mass is 32.2. The van der Waals surface area contributed by atoms with Gasteiger partial charge in [0.1, 0.15) is 6.29 Å². The molecule has 1 saturated heterocycles. The van der Waals surface area contributed by atoms with Gasteiger partial charge in [0.2, 0.25) is 10.0 Å². The molecule has 2 rings (SSSR count). The van der Waals surface area contributed by atoms with Gasteiger partial charge in [0.25, 0.3) is 0 Å². The fraction of sp³-hybridized carbons (Fsp3) is 0.357. The van der Waals surface area contributed by atoms with Crippen LogP contribution in [-0.2, 0) is 14.8 Å². The summed E-state index contributed by atoms with van der Waals surface area (Å²) in [7, 11) is -3.48. The third kappa shape index (κ3) is 2.77. The molecule has 1 aromatic carbocycles. The highest BCUT2D eigenvalue weighted by molar-refractivity contribution is 7.89. The van der Waals surface area contributed by atoms with Gasteiger partial charge < -0.3 is 4.79 Å². The van der Waals surface area contributed by atoms with E-state index in [4.69, 9.17) is 0 Å². The molecule has 0 N–H and O–H groups in total. The Morgan fingerprint density at radius 3 is 2.58 bits per heavy atom. The van der Waals surface area contributed by atoms with Crippen LogP contribution >= 0.6 is 0 Å². The monoisotopic (exact) mass is 279 g/mol. The summed E-state index contributed by atoms with van der Waals surface area (Å²) in [5.74, 6) is -0.0577. The maximum atomic E-state index is 12.4. The second-order valence-corrected chi connectivity index (χ2v) is 6.81. The minimum Gasteiger partial charge on any atom is -0.303 e. The number of benzene rings is 1. The molecule has 0 radical (unpaired) electrons. The highest BCUT2D eigenvalue weighted by Gasteiger charge is 2.34. The van der Waals surface area contributed by atoms with Crippen molar-refractivity contribution >= 4 is 16.3 Å². The molecule has 0 bridgehead atoms. The third-order valence-corrected chi connectivity index (χ3v) is 5.25. The number of nitrogens with zero attached hydrogens (tertiary/aromatic N) is 1. The van der Waals surface area contributed by atoms with E-state index in [1.54, 1.807) is 24.3 Å². The molecule has 1 aliphatic rings. The average Bonchev–Trinajstić information content (AvgIpc) is 2.73. The van der Waals surface area contributed by atoms with E-state index in [0.717, 1.165) is 17.4 Å². The summed E-state index contributed by atoms with van der Waals surface area (Å²) in [4.78, 5) is 10.9. The van der Waals surface area contributed by atoms with Gasteiger partial charge in [0, 0.05) is 25.4 Å². The number of hydrogen-bond donors (Lipinski definition) is 0. The van der Waals surface area contributed by atoms with Crippen LogP contribution in [0.4, 0.5) is 0 Å². The van der Waals surface area contributed by atoms with Crippen molar-refractivity contribution in [3.8, 4) is 0 Å². The Kier molecular flexibility index (Phi) is 3.87. The first-order chi connectivity index (χ1) is 8.95. The van der Waals surface area contributed by atoms with Crippen LogP contribution in [-0.4, -0.2) is 32.1 Å². The molecule has 4 nitrogen and oxygen atoms in total. The summed E-state index contributed by atoms with van der Waals surface area (Å²) in [5.41, 5.74) is 1.83. The van der Waals surface area contributed by atoms with Gasteiger partial charge in [-0.3, -0.25) is 0 Å². The molecule has 19 heavy (non-hydrogen) atoms. The zero-order valence-corrected chi connectivity index (χ0v) is 11.7. The van der Waals surface area contributed by atoms with E-state index in [-0.39, 0.29) is 10.8 Å². The number of rotatable bonds is 4. The zero-order valence-electron chi connectivity index (χ0n) is 10.9. The van der Waals surface area contributed by atoms with Crippen LogP contribution in [0.1, 0.15) is 12.0 Å². The maximum absolute atomic E-state index is 12.4. The standard InChI is InChI=1S/C14H17NO3S/c1-11-3-5-14(6-4-11)19(17,18)15-9-12(2)13(10-15)7-8-16/h3-6,8,13H,2,7,9-10H2,1H3/t13-/m1/s1. The quantitative estimate of drug-likeness (QED) is 0.623. The molecule has 102 valence electrons. The Morgan fingerprint density at radius 2 is 2.00 bits per heavy atom. The van der Waals surface area contributed by atoms with E-state index in [1.807, 2.05) is 6.92 Å². The third-order valence-electron chi connectivity index (χ3n) is 3.42. The van der Waals surface area contributed by atoms with Crippen LogP contribution < -0.4 is 0 Å². The molecule has 0 spiro atoms. The topological polar surface area (TPSA) is 54.5 Å². The number of hydrogen-bond acceptors (Lipinski definition) is 3. The molecule has 0 unspecified atom stereocenters. The lowest BCUT2D eigenvalue weighted by atomic mass is 10.0. The summed E-state index contributed by atoms with van der Waals surface area (Å²) >= 11 is 0. The first-order valence-electron chi connectivity index (χ1n) is 6.13. The summed E-state index contributed by atoms with van der Waals surface area (Å²) < 4.78 is 26.3. The van der Waals surface area contributed by atoms with Crippen LogP contribution in [0.2, 0.25) is 0 Å². The Morgan fingerprint density at radius 1 is 1.37 bits per heavy atom. The Labute approximate surface area is 113 Å². The molecule has 0 saturated carbocycles. The van der Waals surface area contributed by atoms with Crippen molar-refractivity contribution in [2.24, 2.45) is 5.92 Å². The fourth-order valence-electron chi connectivity index (χ4n) is 2.19. The van der Waals surface area contributed by atoms with E-state index in [0.29, 0.717) is 19.5 Å². The summed E-state index contributed by atoms with van der Waals surface area (Å²) in [6.45, 7) is 6.41. The van der Waals surface area contributed by atoms with Crippen LogP contribution in [0.25, 0.3) is 0 Å². The van der Waals surface area contributed by atoms with E-state index < -0.39 is 10.0 Å². The molecular formula is C14H17NO3S. The molecule has 0 amide bonds. The molecule has 0 aliphatic carbocycles. The number of carbonyl (C=O) groups excluding carboxylic acids is 1. The minimum atomic E-state index is -3.48. The predicted octanol–water partition coefficient (Wildman–Crippen LogP) is 1.76. The van der Waals surface area contributed by atoms with Crippen molar-refractivity contribution in [1.82, 2.24) is 4.31 Å². The summed E-state index contributed by atoms with van der Waals surface area (Å²) in [6.07, 6.45) is 1.15. The molecule has 1 fully saturated rings. The molecule has 1 heterocycles. The molecular weight excluding hydrogens is 262 g/mol. The molecule has 1 aromatic rings. The van der Waals surface area contributed by atoms with Crippen LogP contribution in [0.15, 0.2) is 41.3 Å². The van der Waals surface area contributed by atoms with Crippen molar-refractivity contribution in [2.45, 2.75) is 18.2 Å². The van der Waals surface area contributed by atoms with Gasteiger partial charge in [0.05, 0.1) is 4.90 Å². The van der Waals surface area contributed by atoms with E-state index >= 15 is 0 Å². The lowest BCUT2D eigenvalue weighted by Gasteiger charge is -2.15. The van der Waals surface area contributed by atoms with Gasteiger partial charge in [-0.15, -0.1) is 0 Å². The first kappa shape index (κ1) is 14.0. The van der Waals surface area contributed by atoms with Gasteiger partial charge in [0.15, 0.2) is 0 Å². The van der Waals surface area contributed by atoms with Gasteiger partial charge in [-0.25, -0.2) is 8.42 Å². The normalized spacial score (nSPS) is 20.7. The summed E-state index contributed by atoms with van der Waals surface area (Å²) in [6, 6.07) is 6.78. The Balaban J connectivity index is 2.24. The van der Waals surface area contributed by atoms with Crippen LogP contribution in [0, 0.1) is 12.8 Å². The van der Waals surface area contributed by atoms with Crippen LogP contribution in [0.3, 0.4) is 0 Å². The van der Waals surface area contributed by atoms with Gasteiger partial charge in [-0.2, -0.15) is 4.31 Å². The number of sulfonamides is 1. The van der Waals surface area contributed by atoms with E-state index in [1.165, 1.54) is 4.31 Å². The van der Waals surface area contributed by atoms with Crippen molar-refractivity contribution in [3.05, 3.63) is 42.0 Å². The van der Waals surface area contributed by atoms with Gasteiger partial charge >= 0.3 is 0 Å². The molecule has 5 heteroatoms. The van der Waals surface area contributed by atoms with Crippen molar-refractivity contribution in [1.29, 1.82) is 0 Å². The molecule has 0 aromatic heterocycles. The highest BCUT2D eigenvalue weighted by Crippen LogP contribution is 2.28.